The van der Waals surface area contributed by atoms with E-state index in [4.69, 9.17) is 4.98 Å². The Morgan fingerprint density at radius 2 is 1.87 bits per heavy atom. The topological polar surface area (TPSA) is 111 Å². The van der Waals surface area contributed by atoms with E-state index in [0.717, 1.165) is 22.3 Å². The molecule has 5 rings (SSSR count). The fraction of sp³-hybridized carbons (Fsp3) is 0.367. The van der Waals surface area contributed by atoms with Crippen LogP contribution in [0.2, 0.25) is 0 Å². The number of anilines is 1. The van der Waals surface area contributed by atoms with Crippen molar-refractivity contribution in [1.29, 1.82) is 5.26 Å². The van der Waals surface area contributed by atoms with E-state index < -0.39 is 5.60 Å². The van der Waals surface area contributed by atoms with Crippen molar-refractivity contribution in [2.24, 2.45) is 5.92 Å². The van der Waals surface area contributed by atoms with E-state index in [1.54, 1.807) is 29.6 Å². The second-order valence-electron chi connectivity index (χ2n) is 11.0. The first-order valence-corrected chi connectivity index (χ1v) is 13.2. The molecule has 200 valence electrons. The molecule has 0 bridgehead atoms. The van der Waals surface area contributed by atoms with E-state index in [-0.39, 0.29) is 23.9 Å². The maximum Gasteiger partial charge on any atom is 0.254 e. The van der Waals surface area contributed by atoms with Crippen LogP contribution in [0.1, 0.15) is 40.2 Å². The van der Waals surface area contributed by atoms with Gasteiger partial charge in [-0.15, -0.1) is 0 Å². The number of benzene rings is 1. The number of carbonyl (C=O) groups excluding carboxylic acids is 1. The van der Waals surface area contributed by atoms with Crippen molar-refractivity contribution in [2.75, 3.05) is 18.0 Å². The molecule has 1 aromatic carbocycles. The van der Waals surface area contributed by atoms with Gasteiger partial charge in [-0.2, -0.15) is 5.26 Å². The standard InChI is InChI=1S/C30H33N7O2/c1-19(2)24-17-35(29(38)30(4,5)39)20(3)15-36(24)27-26-23(22-9-7-6-8-10-22)16-37(28(26)34-18-33-27)25-13-21(14-31)11-12-32-25/h6-13,16,18-20,24,39H,15,17H2,1-5H3/t20-,24-/m1/s1. The van der Waals surface area contributed by atoms with Crippen LogP contribution in [0, 0.1) is 17.2 Å². The lowest BCUT2D eigenvalue weighted by atomic mass is 9.94. The number of hydrogen-bond donors (Lipinski definition) is 1. The lowest BCUT2D eigenvalue weighted by Gasteiger charge is -2.48. The van der Waals surface area contributed by atoms with Crippen molar-refractivity contribution >= 4 is 22.8 Å². The fourth-order valence-corrected chi connectivity index (χ4v) is 5.34. The van der Waals surface area contributed by atoms with Crippen LogP contribution in [0.5, 0.6) is 0 Å². The highest BCUT2D eigenvalue weighted by molar-refractivity contribution is 6.02. The Labute approximate surface area is 228 Å². The normalized spacial score (nSPS) is 18.0. The highest BCUT2D eigenvalue weighted by Crippen LogP contribution is 2.39. The van der Waals surface area contributed by atoms with Crippen molar-refractivity contribution in [2.45, 2.75) is 52.3 Å². The first-order valence-electron chi connectivity index (χ1n) is 13.2. The molecule has 39 heavy (non-hydrogen) atoms. The summed E-state index contributed by atoms with van der Waals surface area (Å²) in [4.78, 5) is 31.2. The molecule has 0 saturated carbocycles. The van der Waals surface area contributed by atoms with Gasteiger partial charge in [-0.1, -0.05) is 44.2 Å². The zero-order chi connectivity index (χ0) is 27.9. The predicted octanol–water partition coefficient (Wildman–Crippen LogP) is 4.19. The summed E-state index contributed by atoms with van der Waals surface area (Å²) in [7, 11) is 0. The SMILES string of the molecule is CC(C)[C@H]1CN(C(=O)C(C)(C)O)[C@H](C)CN1c1ncnc2c1c(-c1ccccc1)cn2-c1cc(C#N)ccn1. The van der Waals surface area contributed by atoms with Gasteiger partial charge in [0.1, 0.15) is 23.6 Å². The summed E-state index contributed by atoms with van der Waals surface area (Å²) in [5.74, 6) is 1.32. The van der Waals surface area contributed by atoms with Gasteiger partial charge in [0.25, 0.3) is 5.91 Å². The molecule has 1 fully saturated rings. The third-order valence-corrected chi connectivity index (χ3v) is 7.37. The van der Waals surface area contributed by atoms with Gasteiger partial charge in [0.05, 0.1) is 23.1 Å². The van der Waals surface area contributed by atoms with Crippen molar-refractivity contribution in [3.05, 3.63) is 66.7 Å². The van der Waals surface area contributed by atoms with Crippen molar-refractivity contribution < 1.29 is 9.90 Å². The summed E-state index contributed by atoms with van der Waals surface area (Å²) < 4.78 is 1.91. The van der Waals surface area contributed by atoms with Crippen LogP contribution >= 0.6 is 0 Å². The Hall–Kier alpha value is -4.29. The number of amides is 1. The van der Waals surface area contributed by atoms with E-state index in [2.05, 4.69) is 46.9 Å². The Balaban J connectivity index is 1.70. The summed E-state index contributed by atoms with van der Waals surface area (Å²) in [6.07, 6.45) is 5.19. The summed E-state index contributed by atoms with van der Waals surface area (Å²) in [5, 5.41) is 20.8. The van der Waals surface area contributed by atoms with Gasteiger partial charge in [0, 0.05) is 37.1 Å². The molecule has 3 aromatic heterocycles. The van der Waals surface area contributed by atoms with Gasteiger partial charge in [-0.05, 0) is 44.4 Å². The van der Waals surface area contributed by atoms with Gasteiger partial charge in [0.15, 0.2) is 5.65 Å². The predicted molar refractivity (Wildman–Crippen MR) is 150 cm³/mol. The van der Waals surface area contributed by atoms with Gasteiger partial charge in [-0.3, -0.25) is 9.36 Å². The van der Waals surface area contributed by atoms with Gasteiger partial charge >= 0.3 is 0 Å². The van der Waals surface area contributed by atoms with Crippen LogP contribution in [0.25, 0.3) is 28.0 Å². The number of pyridine rings is 1. The summed E-state index contributed by atoms with van der Waals surface area (Å²) in [5.41, 5.74) is 1.72. The number of fused-ring (bicyclic) bond motifs is 1. The molecule has 1 aliphatic rings. The maximum atomic E-state index is 13.1. The number of rotatable bonds is 5. The van der Waals surface area contributed by atoms with Crippen LogP contribution in [0.4, 0.5) is 5.82 Å². The Bertz CT molecular complexity index is 1550. The molecule has 1 amide bonds. The highest BCUT2D eigenvalue weighted by atomic mass is 16.3. The van der Waals surface area contributed by atoms with Crippen LogP contribution in [-0.2, 0) is 4.79 Å². The molecule has 0 spiro atoms. The van der Waals surface area contributed by atoms with Crippen LogP contribution in [-0.4, -0.2) is 66.2 Å². The monoisotopic (exact) mass is 523 g/mol. The fourth-order valence-electron chi connectivity index (χ4n) is 5.34. The Morgan fingerprint density at radius 1 is 1.13 bits per heavy atom. The van der Waals surface area contributed by atoms with Crippen molar-refractivity contribution in [1.82, 2.24) is 24.4 Å². The van der Waals surface area contributed by atoms with Crippen LogP contribution in [0.3, 0.4) is 0 Å². The van der Waals surface area contributed by atoms with Crippen molar-refractivity contribution in [3.63, 3.8) is 0 Å². The van der Waals surface area contributed by atoms with E-state index in [9.17, 15) is 15.2 Å². The molecular formula is C30H33N7O2. The lowest BCUT2D eigenvalue weighted by molar-refractivity contribution is -0.151. The number of hydrogen-bond acceptors (Lipinski definition) is 7. The van der Waals surface area contributed by atoms with E-state index in [1.807, 2.05) is 35.9 Å². The highest BCUT2D eigenvalue weighted by Gasteiger charge is 2.41. The quantitative estimate of drug-likeness (QED) is 0.418. The molecule has 2 atom stereocenters. The Morgan fingerprint density at radius 3 is 2.54 bits per heavy atom. The van der Waals surface area contributed by atoms with Gasteiger partial charge < -0.3 is 14.9 Å². The minimum atomic E-state index is -1.44. The average molecular weight is 524 g/mol. The lowest BCUT2D eigenvalue weighted by Crippen LogP contribution is -2.63. The second-order valence-corrected chi connectivity index (χ2v) is 11.0. The summed E-state index contributed by atoms with van der Waals surface area (Å²) in [6.45, 7) is 10.4. The molecule has 4 aromatic rings. The molecule has 1 N–H and O–H groups in total. The first kappa shape index (κ1) is 26.3. The molecule has 0 unspecified atom stereocenters. The number of carbonyl (C=O) groups is 1. The summed E-state index contributed by atoms with van der Waals surface area (Å²) >= 11 is 0. The molecular weight excluding hydrogens is 490 g/mol. The summed E-state index contributed by atoms with van der Waals surface area (Å²) in [6, 6.07) is 15.5. The van der Waals surface area contributed by atoms with Gasteiger partial charge in [-0.25, -0.2) is 15.0 Å². The van der Waals surface area contributed by atoms with E-state index in [1.165, 1.54) is 13.8 Å². The first-order chi connectivity index (χ1) is 18.6. The maximum absolute atomic E-state index is 13.1. The van der Waals surface area contributed by atoms with Crippen molar-refractivity contribution in [3.8, 4) is 23.0 Å². The zero-order valence-corrected chi connectivity index (χ0v) is 22.9. The van der Waals surface area contributed by atoms with E-state index >= 15 is 0 Å². The minimum absolute atomic E-state index is 0.0300. The number of nitrogens with zero attached hydrogens (tertiary/aromatic N) is 7. The third-order valence-electron chi connectivity index (χ3n) is 7.37. The number of piperazine rings is 1. The second kappa shape index (κ2) is 10.1. The molecule has 1 saturated heterocycles. The average Bonchev–Trinajstić information content (AvgIpc) is 3.32. The minimum Gasteiger partial charge on any atom is -0.381 e. The molecule has 9 heteroatoms. The van der Waals surface area contributed by atoms with Crippen LogP contribution in [0.15, 0.2) is 61.2 Å². The molecule has 0 aliphatic carbocycles. The number of aromatic nitrogens is 4. The van der Waals surface area contributed by atoms with E-state index in [0.29, 0.717) is 30.1 Å². The molecule has 9 nitrogen and oxygen atoms in total. The number of aliphatic hydroxyl groups is 1. The largest absolute Gasteiger partial charge is 0.381 e. The van der Waals surface area contributed by atoms with Crippen LogP contribution < -0.4 is 4.90 Å². The zero-order valence-electron chi connectivity index (χ0n) is 22.9. The third kappa shape index (κ3) is 4.84. The van der Waals surface area contributed by atoms with Gasteiger partial charge in [0.2, 0.25) is 0 Å². The molecule has 0 radical (unpaired) electrons. The number of nitriles is 1. The Kier molecular flexibility index (Phi) is 6.83. The molecule has 1 aliphatic heterocycles. The molecule has 4 heterocycles. The smallest absolute Gasteiger partial charge is 0.254 e.